The molecule has 1 aliphatic heterocycles. The minimum Gasteiger partial charge on any atom is -0.508 e. The van der Waals surface area contributed by atoms with Gasteiger partial charge in [0.05, 0.1) is 11.6 Å². The first-order valence-electron chi connectivity index (χ1n) is 12.9. The number of hydrogen-bond acceptors (Lipinski definition) is 10. The lowest BCUT2D eigenvalue weighted by Crippen LogP contribution is -2.65. The second-order valence-corrected chi connectivity index (χ2v) is 11.3. The molecule has 12 heteroatoms. The van der Waals surface area contributed by atoms with Gasteiger partial charge in [-0.25, -0.2) is 4.39 Å². The summed E-state index contributed by atoms with van der Waals surface area (Å²) in [6, 6.07) is 0.0440. The number of fused-ring (bicyclic) bond motifs is 3. The van der Waals surface area contributed by atoms with Gasteiger partial charge in [-0.3, -0.25) is 24.2 Å². The summed E-state index contributed by atoms with van der Waals surface area (Å²) >= 11 is 0. The smallest absolute Gasteiger partial charge is 0.255 e. The van der Waals surface area contributed by atoms with E-state index < -0.39 is 69.6 Å². The third-order valence-electron chi connectivity index (χ3n) is 8.72. The van der Waals surface area contributed by atoms with Crippen LogP contribution in [0.5, 0.6) is 5.75 Å². The first-order valence-corrected chi connectivity index (χ1v) is 12.9. The topological polar surface area (TPSA) is 168 Å². The van der Waals surface area contributed by atoms with Crippen molar-refractivity contribution in [1.29, 1.82) is 0 Å². The van der Waals surface area contributed by atoms with Crippen LogP contribution in [0.4, 0.5) is 4.39 Å². The normalized spacial score (nSPS) is 29.9. The molecular weight excluding hydrogens is 511 g/mol. The molecule has 0 radical (unpaired) electrons. The van der Waals surface area contributed by atoms with Gasteiger partial charge in [0.1, 0.15) is 28.7 Å². The highest BCUT2D eigenvalue weighted by Crippen LogP contribution is 2.53. The Hall–Kier alpha value is -3.32. The number of Topliss-reactive ketones (excluding diaryl/α,β-unsaturated/α-hetero) is 2. The number of hydrogen-bond donors (Lipinski definition) is 5. The van der Waals surface area contributed by atoms with Crippen molar-refractivity contribution in [1.82, 2.24) is 14.7 Å². The summed E-state index contributed by atoms with van der Waals surface area (Å²) in [4.78, 5) is 44.7. The average molecular weight is 545 g/mol. The van der Waals surface area contributed by atoms with E-state index in [1.54, 1.807) is 0 Å². The maximum absolute atomic E-state index is 15.9. The van der Waals surface area contributed by atoms with Gasteiger partial charge in [0.2, 0.25) is 5.78 Å². The van der Waals surface area contributed by atoms with Crippen molar-refractivity contribution >= 4 is 23.2 Å². The number of phenols is 1. The molecule has 0 aromatic heterocycles. The Bertz CT molecular complexity index is 1350. The number of halogens is 1. The maximum atomic E-state index is 15.9. The number of aliphatic hydroxyl groups is 3. The predicted octanol–water partition coefficient (Wildman–Crippen LogP) is -0.149. The van der Waals surface area contributed by atoms with Crippen molar-refractivity contribution in [3.05, 3.63) is 45.5 Å². The number of phenolic OH excluding ortho intramolecular Hbond substituents is 1. The number of benzene rings is 1. The van der Waals surface area contributed by atoms with Crippen LogP contribution >= 0.6 is 0 Å². The predicted molar refractivity (Wildman–Crippen MR) is 137 cm³/mol. The van der Waals surface area contributed by atoms with Crippen molar-refractivity contribution in [2.24, 2.45) is 17.6 Å². The van der Waals surface area contributed by atoms with Crippen LogP contribution in [0.25, 0.3) is 5.76 Å². The summed E-state index contributed by atoms with van der Waals surface area (Å²) in [6.07, 6.45) is -0.167. The van der Waals surface area contributed by atoms with Crippen LogP contribution in [0, 0.1) is 17.7 Å². The van der Waals surface area contributed by atoms with Gasteiger partial charge in [-0.05, 0) is 46.0 Å². The fourth-order valence-electron chi connectivity index (χ4n) is 6.71. The largest absolute Gasteiger partial charge is 0.508 e. The molecule has 39 heavy (non-hydrogen) atoms. The molecule has 0 bridgehead atoms. The molecule has 0 spiro atoms. The van der Waals surface area contributed by atoms with Gasteiger partial charge in [-0.15, -0.1) is 0 Å². The number of aliphatic hydroxyl groups excluding tert-OH is 2. The summed E-state index contributed by atoms with van der Waals surface area (Å²) in [5.74, 6) is -8.15. The van der Waals surface area contributed by atoms with Crippen LogP contribution in [0.1, 0.15) is 23.1 Å². The number of nitrogens with zero attached hydrogens (tertiary/aromatic N) is 3. The number of carbonyl (C=O) groups excluding carboxylic acids is 3. The Morgan fingerprint density at radius 2 is 1.82 bits per heavy atom. The highest BCUT2D eigenvalue weighted by molar-refractivity contribution is 6.24. The number of primary amides is 1. The quantitative estimate of drug-likeness (QED) is 0.322. The van der Waals surface area contributed by atoms with E-state index in [1.807, 2.05) is 7.05 Å². The number of amides is 1. The third kappa shape index (κ3) is 3.96. The van der Waals surface area contributed by atoms with Crippen molar-refractivity contribution < 1.29 is 39.2 Å². The van der Waals surface area contributed by atoms with Crippen LogP contribution in [-0.4, -0.2) is 112 Å². The summed E-state index contributed by atoms with van der Waals surface area (Å²) in [5.41, 5.74) is 1.48. The molecule has 3 aliphatic carbocycles. The van der Waals surface area contributed by atoms with Crippen LogP contribution in [0.15, 0.2) is 23.0 Å². The van der Waals surface area contributed by atoms with Crippen LogP contribution in [-0.2, 0) is 27.3 Å². The molecule has 1 saturated heterocycles. The molecule has 11 nitrogen and oxygen atoms in total. The number of likely N-dealkylation sites (N-methyl/N-ethyl adjacent to an activating group) is 2. The average Bonchev–Trinajstić information content (AvgIpc) is 2.85. The molecular formula is C27H33FN4O7. The van der Waals surface area contributed by atoms with E-state index in [4.69, 9.17) is 5.73 Å². The number of carbonyl (C=O) groups is 3. The second kappa shape index (κ2) is 9.40. The first kappa shape index (κ1) is 27.3. The molecule has 4 aliphatic rings. The molecule has 1 heterocycles. The zero-order chi connectivity index (χ0) is 28.5. The van der Waals surface area contributed by atoms with Crippen LogP contribution in [0.2, 0.25) is 0 Å². The Labute approximate surface area is 224 Å². The Balaban J connectivity index is 1.61. The number of aromatic hydroxyl groups is 1. The molecule has 1 saturated carbocycles. The van der Waals surface area contributed by atoms with Crippen LogP contribution in [0.3, 0.4) is 0 Å². The zero-order valence-corrected chi connectivity index (χ0v) is 22.1. The van der Waals surface area contributed by atoms with E-state index in [-0.39, 0.29) is 41.6 Å². The maximum Gasteiger partial charge on any atom is 0.255 e. The van der Waals surface area contributed by atoms with Crippen molar-refractivity contribution in [2.75, 3.05) is 47.3 Å². The molecule has 1 aromatic rings. The lowest BCUT2D eigenvalue weighted by molar-refractivity contribution is -0.153. The molecule has 4 atom stereocenters. The Morgan fingerprint density at radius 1 is 1.18 bits per heavy atom. The fraction of sp³-hybridized carbons (Fsp3) is 0.519. The van der Waals surface area contributed by atoms with Gasteiger partial charge in [-0.2, -0.15) is 0 Å². The zero-order valence-electron chi connectivity index (χ0n) is 22.1. The van der Waals surface area contributed by atoms with Gasteiger partial charge in [0, 0.05) is 55.3 Å². The van der Waals surface area contributed by atoms with E-state index in [0.29, 0.717) is 0 Å². The fourth-order valence-corrected chi connectivity index (χ4v) is 6.71. The summed E-state index contributed by atoms with van der Waals surface area (Å²) < 4.78 is 15.9. The first-order chi connectivity index (χ1) is 18.3. The molecule has 1 aromatic carbocycles. The van der Waals surface area contributed by atoms with E-state index in [9.17, 15) is 34.8 Å². The number of ketones is 2. The SMILES string of the molecule is CN1CCN(Cc2cc(O)c3c(c2F)C[C@H]2C[C@H]4[C@H](N(C)C)C(=O)C(C(N)=O)=C(O)[C@@]4(O)C(=O)C2=C3O)CC1. The van der Waals surface area contributed by atoms with Gasteiger partial charge in [0.15, 0.2) is 11.4 Å². The highest BCUT2D eigenvalue weighted by atomic mass is 19.1. The summed E-state index contributed by atoms with van der Waals surface area (Å²) in [7, 11) is 5.05. The summed E-state index contributed by atoms with van der Waals surface area (Å²) in [5, 5.41) is 44.5. The van der Waals surface area contributed by atoms with Crippen LogP contribution < -0.4 is 5.73 Å². The van der Waals surface area contributed by atoms with Gasteiger partial charge < -0.3 is 31.1 Å². The highest BCUT2D eigenvalue weighted by Gasteiger charge is 2.64. The van der Waals surface area contributed by atoms with Gasteiger partial charge in [-0.1, -0.05) is 0 Å². The van der Waals surface area contributed by atoms with E-state index in [2.05, 4.69) is 9.80 Å². The Kier molecular flexibility index (Phi) is 6.57. The van der Waals surface area contributed by atoms with Crippen molar-refractivity contribution in [3.63, 3.8) is 0 Å². The Morgan fingerprint density at radius 3 is 2.41 bits per heavy atom. The lowest BCUT2D eigenvalue weighted by Gasteiger charge is -2.50. The van der Waals surface area contributed by atoms with E-state index >= 15 is 4.39 Å². The van der Waals surface area contributed by atoms with E-state index in [1.165, 1.54) is 25.1 Å². The third-order valence-corrected chi connectivity index (χ3v) is 8.72. The molecule has 6 N–H and O–H groups in total. The van der Waals surface area contributed by atoms with Crippen molar-refractivity contribution in [3.8, 4) is 5.75 Å². The number of nitrogens with two attached hydrogens (primary N) is 1. The van der Waals surface area contributed by atoms with Gasteiger partial charge in [0.25, 0.3) is 5.91 Å². The number of piperazine rings is 1. The van der Waals surface area contributed by atoms with Crippen molar-refractivity contribution in [2.45, 2.75) is 31.0 Å². The van der Waals surface area contributed by atoms with Gasteiger partial charge >= 0.3 is 0 Å². The molecule has 1 amide bonds. The molecule has 210 valence electrons. The lowest BCUT2D eigenvalue weighted by atomic mass is 9.57. The minimum absolute atomic E-state index is 0.0461. The minimum atomic E-state index is -2.72. The summed E-state index contributed by atoms with van der Waals surface area (Å²) in [6.45, 7) is 3.36. The standard InChI is InChI=1S/C27H33FN4O7/c1-30(2)21-15-9-12-8-14-18(16(33)10-13(20(14)28)11-32-6-4-31(3)5-7-32)22(34)17(12)24(36)27(15,39)25(37)19(23(21)35)26(29)38/h10,12,15,21,33-34,37,39H,4-9,11H2,1-3H3,(H2,29,38)/t12-,15-,21-,27-/m0/s1. The molecule has 5 rings (SSSR count). The van der Waals surface area contributed by atoms with E-state index in [0.717, 1.165) is 26.2 Å². The second-order valence-electron chi connectivity index (χ2n) is 11.3. The molecule has 0 unspecified atom stereocenters. The molecule has 2 fully saturated rings. The monoisotopic (exact) mass is 544 g/mol. The number of rotatable bonds is 4.